The summed E-state index contributed by atoms with van der Waals surface area (Å²) in [6.45, 7) is 2.07. The Labute approximate surface area is 133 Å². The normalized spacial score (nSPS) is 10.8. The van der Waals surface area contributed by atoms with Crippen LogP contribution in [0.5, 0.6) is 0 Å². The number of aryl methyl sites for hydroxylation is 1. The highest BCUT2D eigenvalue weighted by Gasteiger charge is 2.10. The van der Waals surface area contributed by atoms with E-state index in [-0.39, 0.29) is 5.95 Å². The van der Waals surface area contributed by atoms with Crippen molar-refractivity contribution < 1.29 is 4.79 Å². The summed E-state index contributed by atoms with van der Waals surface area (Å²) in [6, 6.07) is 10.8. The summed E-state index contributed by atoms with van der Waals surface area (Å²) < 4.78 is 0. The fourth-order valence-corrected chi connectivity index (χ4v) is 2.50. The molecule has 0 saturated heterocycles. The molecular formula is C17H17N5O. The van der Waals surface area contributed by atoms with Crippen LogP contribution in [0, 0.1) is 0 Å². The number of fused-ring (bicyclic) bond motifs is 1. The highest BCUT2D eigenvalue weighted by molar-refractivity contribution is 5.94. The molecule has 3 aromatic rings. The number of carbonyl (C=O) groups excluding carboxylic acids is 1. The van der Waals surface area contributed by atoms with E-state index in [2.05, 4.69) is 21.9 Å². The Morgan fingerprint density at radius 3 is 2.70 bits per heavy atom. The average molecular weight is 307 g/mol. The fourth-order valence-electron chi connectivity index (χ4n) is 2.50. The molecule has 0 radical (unpaired) electrons. The Kier molecular flexibility index (Phi) is 3.89. The molecule has 0 spiro atoms. The predicted molar refractivity (Wildman–Crippen MR) is 89.7 cm³/mol. The SMILES string of the molecule is CCCc1nc(N)nc2ccc(-c3cccc(C(N)=O)c3)nc12. The minimum absolute atomic E-state index is 0.256. The first-order valence-corrected chi connectivity index (χ1v) is 7.42. The van der Waals surface area contributed by atoms with E-state index < -0.39 is 5.91 Å². The van der Waals surface area contributed by atoms with Gasteiger partial charge in [-0.25, -0.2) is 15.0 Å². The maximum absolute atomic E-state index is 11.3. The number of nitrogen functional groups attached to an aromatic ring is 1. The molecule has 0 aliphatic rings. The maximum Gasteiger partial charge on any atom is 0.248 e. The van der Waals surface area contributed by atoms with Gasteiger partial charge in [0.2, 0.25) is 11.9 Å². The largest absolute Gasteiger partial charge is 0.368 e. The van der Waals surface area contributed by atoms with Crippen LogP contribution in [0.1, 0.15) is 29.4 Å². The van der Waals surface area contributed by atoms with Gasteiger partial charge >= 0.3 is 0 Å². The topological polar surface area (TPSA) is 108 Å². The lowest BCUT2D eigenvalue weighted by molar-refractivity contribution is 0.100. The minimum atomic E-state index is -0.463. The third kappa shape index (κ3) is 2.96. The first kappa shape index (κ1) is 14.9. The summed E-state index contributed by atoms with van der Waals surface area (Å²) >= 11 is 0. The van der Waals surface area contributed by atoms with E-state index in [9.17, 15) is 4.79 Å². The third-order valence-electron chi connectivity index (χ3n) is 3.56. The first-order valence-electron chi connectivity index (χ1n) is 7.42. The number of amides is 1. The number of pyridine rings is 1. The Hall–Kier alpha value is -3.02. The summed E-state index contributed by atoms with van der Waals surface area (Å²) in [7, 11) is 0. The second kappa shape index (κ2) is 6.00. The highest BCUT2D eigenvalue weighted by atomic mass is 16.1. The van der Waals surface area contributed by atoms with Crippen LogP contribution in [0.3, 0.4) is 0 Å². The van der Waals surface area contributed by atoms with Crippen molar-refractivity contribution in [2.45, 2.75) is 19.8 Å². The van der Waals surface area contributed by atoms with Crippen LogP contribution >= 0.6 is 0 Å². The molecule has 0 fully saturated rings. The van der Waals surface area contributed by atoms with Crippen molar-refractivity contribution in [2.24, 2.45) is 5.73 Å². The summed E-state index contributed by atoms with van der Waals surface area (Å²) in [6.07, 6.45) is 1.72. The number of nitrogens with two attached hydrogens (primary N) is 2. The van der Waals surface area contributed by atoms with Gasteiger partial charge in [-0.05, 0) is 30.7 Å². The van der Waals surface area contributed by atoms with Crippen molar-refractivity contribution in [3.8, 4) is 11.3 Å². The minimum Gasteiger partial charge on any atom is -0.368 e. The molecule has 6 nitrogen and oxygen atoms in total. The number of benzene rings is 1. The molecule has 1 amide bonds. The van der Waals surface area contributed by atoms with Crippen LogP contribution in [0.4, 0.5) is 5.95 Å². The lowest BCUT2D eigenvalue weighted by atomic mass is 10.1. The van der Waals surface area contributed by atoms with Crippen LogP contribution in [-0.4, -0.2) is 20.9 Å². The van der Waals surface area contributed by atoms with Gasteiger partial charge in [0.25, 0.3) is 0 Å². The van der Waals surface area contributed by atoms with Crippen molar-refractivity contribution in [1.29, 1.82) is 0 Å². The van der Waals surface area contributed by atoms with Crippen molar-refractivity contribution in [3.63, 3.8) is 0 Å². The first-order chi connectivity index (χ1) is 11.1. The zero-order chi connectivity index (χ0) is 16.4. The van der Waals surface area contributed by atoms with Gasteiger partial charge in [-0.2, -0.15) is 0 Å². The quantitative estimate of drug-likeness (QED) is 0.769. The van der Waals surface area contributed by atoms with Gasteiger partial charge in [0.05, 0.1) is 16.9 Å². The summed E-state index contributed by atoms with van der Waals surface area (Å²) in [5.74, 6) is -0.207. The van der Waals surface area contributed by atoms with Gasteiger partial charge in [-0.15, -0.1) is 0 Å². The number of hydrogen-bond donors (Lipinski definition) is 2. The average Bonchev–Trinajstić information content (AvgIpc) is 2.55. The van der Waals surface area contributed by atoms with Crippen LogP contribution in [0.15, 0.2) is 36.4 Å². The molecule has 1 aromatic carbocycles. The Balaban J connectivity index is 2.16. The number of anilines is 1. The molecule has 0 atom stereocenters. The van der Waals surface area contributed by atoms with E-state index >= 15 is 0 Å². The van der Waals surface area contributed by atoms with Crippen molar-refractivity contribution in [2.75, 3.05) is 5.73 Å². The molecule has 116 valence electrons. The standard InChI is InChI=1S/C17H17N5O/c1-2-4-13-15-14(22-17(19)21-13)8-7-12(20-15)10-5-3-6-11(9-10)16(18)23/h3,5-9H,2,4H2,1H3,(H2,18,23)(H2,19,21,22). The van der Waals surface area contributed by atoms with Gasteiger partial charge in [-0.3, -0.25) is 4.79 Å². The monoisotopic (exact) mass is 307 g/mol. The van der Waals surface area contributed by atoms with Gasteiger partial charge in [0, 0.05) is 11.1 Å². The summed E-state index contributed by atoms with van der Waals surface area (Å²) in [5.41, 5.74) is 15.4. The molecule has 0 bridgehead atoms. The van der Waals surface area contributed by atoms with E-state index in [0.29, 0.717) is 5.56 Å². The van der Waals surface area contributed by atoms with E-state index in [1.807, 2.05) is 18.2 Å². The molecule has 0 unspecified atom stereocenters. The van der Waals surface area contributed by atoms with Gasteiger partial charge < -0.3 is 11.5 Å². The van der Waals surface area contributed by atoms with Crippen molar-refractivity contribution in [1.82, 2.24) is 15.0 Å². The number of nitrogens with zero attached hydrogens (tertiary/aromatic N) is 3. The molecule has 0 saturated carbocycles. The molecule has 23 heavy (non-hydrogen) atoms. The molecule has 0 aliphatic heterocycles. The molecule has 6 heteroatoms. The number of aromatic nitrogens is 3. The van der Waals surface area contributed by atoms with E-state index in [4.69, 9.17) is 11.5 Å². The van der Waals surface area contributed by atoms with Gasteiger partial charge in [0.1, 0.15) is 5.52 Å². The fraction of sp³-hybridized carbons (Fsp3) is 0.176. The van der Waals surface area contributed by atoms with Gasteiger partial charge in [0.15, 0.2) is 0 Å². The van der Waals surface area contributed by atoms with E-state index in [1.165, 1.54) is 0 Å². The molecule has 3 rings (SSSR count). The van der Waals surface area contributed by atoms with E-state index in [0.717, 1.165) is 40.8 Å². The van der Waals surface area contributed by atoms with E-state index in [1.54, 1.807) is 18.2 Å². The Bertz CT molecular complexity index is 891. The smallest absolute Gasteiger partial charge is 0.248 e. The molecule has 0 aliphatic carbocycles. The van der Waals surface area contributed by atoms with Gasteiger partial charge in [-0.1, -0.05) is 25.5 Å². The van der Waals surface area contributed by atoms with Crippen LogP contribution in [-0.2, 0) is 6.42 Å². The molecule has 2 heterocycles. The number of primary amides is 1. The number of rotatable bonds is 4. The van der Waals surface area contributed by atoms with Crippen LogP contribution < -0.4 is 11.5 Å². The second-order valence-electron chi connectivity index (χ2n) is 5.29. The van der Waals surface area contributed by atoms with Crippen molar-refractivity contribution >= 4 is 22.9 Å². The number of hydrogen-bond acceptors (Lipinski definition) is 5. The van der Waals surface area contributed by atoms with Crippen LogP contribution in [0.25, 0.3) is 22.3 Å². The molecule has 2 aromatic heterocycles. The Morgan fingerprint density at radius 2 is 1.96 bits per heavy atom. The summed E-state index contributed by atoms with van der Waals surface area (Å²) in [4.78, 5) is 24.5. The van der Waals surface area contributed by atoms with Crippen LogP contribution in [0.2, 0.25) is 0 Å². The Morgan fingerprint density at radius 1 is 1.13 bits per heavy atom. The maximum atomic E-state index is 11.3. The zero-order valence-electron chi connectivity index (χ0n) is 12.8. The number of carbonyl (C=O) groups is 1. The highest BCUT2D eigenvalue weighted by Crippen LogP contribution is 2.23. The lowest BCUT2D eigenvalue weighted by Crippen LogP contribution is -2.10. The third-order valence-corrected chi connectivity index (χ3v) is 3.56. The van der Waals surface area contributed by atoms with Crippen molar-refractivity contribution in [3.05, 3.63) is 47.7 Å². The summed E-state index contributed by atoms with van der Waals surface area (Å²) in [5, 5.41) is 0. The predicted octanol–water partition coefficient (Wildman–Crippen LogP) is 2.33. The molecule has 4 N–H and O–H groups in total. The zero-order valence-corrected chi connectivity index (χ0v) is 12.8. The lowest BCUT2D eigenvalue weighted by Gasteiger charge is -2.08. The second-order valence-corrected chi connectivity index (χ2v) is 5.29. The molecular weight excluding hydrogens is 290 g/mol.